The fraction of sp³-hybridized carbons (Fsp3) is 0.364. The van der Waals surface area contributed by atoms with Gasteiger partial charge in [0.25, 0.3) is 0 Å². The highest BCUT2D eigenvalue weighted by Gasteiger charge is 2.25. The predicted octanol–water partition coefficient (Wildman–Crippen LogP) is 4.26. The molecule has 1 N–H and O–H groups in total. The van der Waals surface area contributed by atoms with Crippen LogP contribution in [0.2, 0.25) is 0 Å². The lowest BCUT2D eigenvalue weighted by molar-refractivity contribution is -0.120. The molecule has 2 rings (SSSR count). The first-order valence-electron chi connectivity index (χ1n) is 9.32. The summed E-state index contributed by atoms with van der Waals surface area (Å²) in [4.78, 5) is 22.4. The number of ether oxygens (including phenoxy) is 3. The Morgan fingerprint density at radius 2 is 1.73 bits per heavy atom. The zero-order chi connectivity index (χ0) is 22.1. The van der Waals surface area contributed by atoms with Gasteiger partial charge < -0.3 is 24.3 Å². The molecule has 162 valence electrons. The third-order valence-electron chi connectivity index (χ3n) is 4.49. The maximum absolute atomic E-state index is 11.9. The standard InChI is InChI=1S/C22H25Cl2NO5/c1-14(27)25-20(22(23)24)10-16(12-26)19-6-4-5-7-21(19)30-13-15-8-17(28-2)11-18(9-15)29-3/h4-9,11-12,16,20,22H,10,13H2,1-3H3,(H,25,27). The second kappa shape index (κ2) is 11.7. The predicted molar refractivity (Wildman–Crippen MR) is 117 cm³/mol. The molecule has 0 saturated heterocycles. The van der Waals surface area contributed by atoms with Crippen LogP contribution in [-0.4, -0.2) is 37.3 Å². The highest BCUT2D eigenvalue weighted by molar-refractivity contribution is 6.44. The molecule has 1 amide bonds. The van der Waals surface area contributed by atoms with E-state index in [4.69, 9.17) is 37.4 Å². The Morgan fingerprint density at radius 1 is 1.10 bits per heavy atom. The number of nitrogens with one attached hydrogen (secondary N) is 1. The molecular weight excluding hydrogens is 429 g/mol. The average molecular weight is 454 g/mol. The Labute approximate surface area is 186 Å². The molecule has 0 saturated carbocycles. The molecule has 2 aromatic carbocycles. The first-order chi connectivity index (χ1) is 14.4. The molecule has 0 radical (unpaired) electrons. The number of hydrogen-bond donors (Lipinski definition) is 1. The van der Waals surface area contributed by atoms with Crippen molar-refractivity contribution in [2.45, 2.75) is 36.7 Å². The van der Waals surface area contributed by atoms with Crippen LogP contribution in [0.4, 0.5) is 0 Å². The maximum Gasteiger partial charge on any atom is 0.217 e. The van der Waals surface area contributed by atoms with Crippen molar-refractivity contribution in [3.05, 3.63) is 53.6 Å². The van der Waals surface area contributed by atoms with Gasteiger partial charge >= 0.3 is 0 Å². The van der Waals surface area contributed by atoms with E-state index in [1.807, 2.05) is 30.3 Å². The van der Waals surface area contributed by atoms with Gasteiger partial charge in [0.2, 0.25) is 5.91 Å². The number of methoxy groups -OCH3 is 2. The van der Waals surface area contributed by atoms with Crippen LogP contribution in [0.15, 0.2) is 42.5 Å². The lowest BCUT2D eigenvalue weighted by Crippen LogP contribution is -2.39. The zero-order valence-corrected chi connectivity index (χ0v) is 18.6. The Hall–Kier alpha value is -2.44. The van der Waals surface area contributed by atoms with E-state index in [0.717, 1.165) is 11.8 Å². The van der Waals surface area contributed by atoms with Gasteiger partial charge in [0.05, 0.1) is 20.3 Å². The smallest absolute Gasteiger partial charge is 0.217 e. The maximum atomic E-state index is 11.9. The number of aldehydes is 1. The monoisotopic (exact) mass is 453 g/mol. The number of alkyl halides is 2. The third kappa shape index (κ3) is 6.82. The second-order valence-corrected chi connectivity index (χ2v) is 7.83. The molecule has 0 fully saturated rings. The van der Waals surface area contributed by atoms with Crippen LogP contribution < -0.4 is 19.5 Å². The molecule has 0 aliphatic heterocycles. The van der Waals surface area contributed by atoms with Gasteiger partial charge in [-0.05, 0) is 30.2 Å². The number of para-hydroxylation sites is 1. The quantitative estimate of drug-likeness (QED) is 0.406. The summed E-state index contributed by atoms with van der Waals surface area (Å²) in [5, 5.41) is 2.69. The summed E-state index contributed by atoms with van der Waals surface area (Å²) in [5.74, 6) is 1.03. The molecule has 8 heteroatoms. The molecular formula is C22H25Cl2NO5. The minimum atomic E-state index is -0.853. The fourth-order valence-corrected chi connectivity index (χ4v) is 3.38. The summed E-state index contributed by atoms with van der Waals surface area (Å²) in [7, 11) is 3.16. The molecule has 2 unspecified atom stereocenters. The summed E-state index contributed by atoms with van der Waals surface area (Å²) < 4.78 is 16.6. The lowest BCUT2D eigenvalue weighted by Gasteiger charge is -2.23. The number of carbonyl (C=O) groups is 2. The molecule has 6 nitrogen and oxygen atoms in total. The zero-order valence-electron chi connectivity index (χ0n) is 17.1. The van der Waals surface area contributed by atoms with Crippen LogP contribution in [-0.2, 0) is 16.2 Å². The number of hydrogen-bond acceptors (Lipinski definition) is 5. The molecule has 2 aromatic rings. The van der Waals surface area contributed by atoms with E-state index >= 15 is 0 Å². The van der Waals surface area contributed by atoms with Gasteiger partial charge in [-0.2, -0.15) is 0 Å². The highest BCUT2D eigenvalue weighted by Crippen LogP contribution is 2.31. The molecule has 0 bridgehead atoms. The van der Waals surface area contributed by atoms with Crippen molar-refractivity contribution in [3.8, 4) is 17.2 Å². The number of halogens is 2. The van der Waals surface area contributed by atoms with Crippen LogP contribution in [0.3, 0.4) is 0 Å². The third-order valence-corrected chi connectivity index (χ3v) is 5.10. The second-order valence-electron chi connectivity index (χ2n) is 6.67. The summed E-state index contributed by atoms with van der Waals surface area (Å²) in [6.07, 6.45) is 1.05. The van der Waals surface area contributed by atoms with Crippen LogP contribution >= 0.6 is 23.2 Å². The van der Waals surface area contributed by atoms with E-state index in [1.54, 1.807) is 26.4 Å². The van der Waals surface area contributed by atoms with Gasteiger partial charge in [0.15, 0.2) is 0 Å². The van der Waals surface area contributed by atoms with Crippen molar-refractivity contribution >= 4 is 35.4 Å². The largest absolute Gasteiger partial charge is 0.497 e. The molecule has 0 heterocycles. The van der Waals surface area contributed by atoms with E-state index in [-0.39, 0.29) is 18.9 Å². The normalized spacial score (nSPS) is 12.7. The van der Waals surface area contributed by atoms with Crippen molar-refractivity contribution in [3.63, 3.8) is 0 Å². The first-order valence-corrected chi connectivity index (χ1v) is 10.2. The topological polar surface area (TPSA) is 73.9 Å². The van der Waals surface area contributed by atoms with Gasteiger partial charge in [-0.3, -0.25) is 4.79 Å². The summed E-state index contributed by atoms with van der Waals surface area (Å²) >= 11 is 12.0. The van der Waals surface area contributed by atoms with Crippen molar-refractivity contribution in [1.82, 2.24) is 5.32 Å². The Morgan fingerprint density at radius 3 is 2.27 bits per heavy atom. The van der Waals surface area contributed by atoms with Gasteiger partial charge in [-0.25, -0.2) is 0 Å². The van der Waals surface area contributed by atoms with E-state index in [9.17, 15) is 9.59 Å². The fourth-order valence-electron chi connectivity index (χ4n) is 3.04. The lowest BCUT2D eigenvalue weighted by atomic mass is 9.93. The highest BCUT2D eigenvalue weighted by atomic mass is 35.5. The summed E-state index contributed by atoms with van der Waals surface area (Å²) in [5.41, 5.74) is 1.54. The Kier molecular flexibility index (Phi) is 9.27. The van der Waals surface area contributed by atoms with E-state index in [0.29, 0.717) is 22.8 Å². The molecule has 0 aliphatic rings. The van der Waals surface area contributed by atoms with Crippen molar-refractivity contribution in [2.75, 3.05) is 14.2 Å². The number of amides is 1. The molecule has 0 aliphatic carbocycles. The van der Waals surface area contributed by atoms with E-state index < -0.39 is 16.8 Å². The number of carbonyl (C=O) groups excluding carboxylic acids is 2. The number of benzene rings is 2. The average Bonchev–Trinajstić information content (AvgIpc) is 2.74. The Balaban J connectivity index is 2.22. The SMILES string of the molecule is COc1cc(COc2ccccc2C(C=O)CC(NC(C)=O)C(Cl)Cl)cc(OC)c1. The van der Waals surface area contributed by atoms with E-state index in [2.05, 4.69) is 5.32 Å². The molecule has 0 spiro atoms. The molecule has 2 atom stereocenters. The van der Waals surface area contributed by atoms with Crippen LogP contribution in [0.5, 0.6) is 17.2 Å². The van der Waals surface area contributed by atoms with E-state index in [1.165, 1.54) is 6.92 Å². The molecule has 0 aromatic heterocycles. The van der Waals surface area contributed by atoms with Gasteiger partial charge in [-0.15, -0.1) is 23.2 Å². The van der Waals surface area contributed by atoms with Crippen LogP contribution in [0, 0.1) is 0 Å². The number of rotatable bonds is 11. The minimum Gasteiger partial charge on any atom is -0.497 e. The van der Waals surface area contributed by atoms with Crippen molar-refractivity contribution < 1.29 is 23.8 Å². The van der Waals surface area contributed by atoms with Crippen molar-refractivity contribution in [1.29, 1.82) is 0 Å². The van der Waals surface area contributed by atoms with Crippen molar-refractivity contribution in [2.24, 2.45) is 0 Å². The van der Waals surface area contributed by atoms with Gasteiger partial charge in [0, 0.05) is 24.5 Å². The van der Waals surface area contributed by atoms with Gasteiger partial charge in [0.1, 0.15) is 35.0 Å². The van der Waals surface area contributed by atoms with Gasteiger partial charge in [-0.1, -0.05) is 18.2 Å². The van der Waals surface area contributed by atoms with Crippen LogP contribution in [0.25, 0.3) is 0 Å². The minimum absolute atomic E-state index is 0.244. The first kappa shape index (κ1) is 23.8. The summed E-state index contributed by atoms with van der Waals surface area (Å²) in [6.45, 7) is 1.62. The molecule has 30 heavy (non-hydrogen) atoms. The Bertz CT molecular complexity index is 837. The summed E-state index contributed by atoms with van der Waals surface area (Å²) in [6, 6.07) is 12.1. The van der Waals surface area contributed by atoms with Crippen LogP contribution in [0.1, 0.15) is 30.4 Å².